The van der Waals surface area contributed by atoms with Crippen LogP contribution >= 0.6 is 0 Å². The third-order valence-electron chi connectivity index (χ3n) is 6.67. The van der Waals surface area contributed by atoms with E-state index in [1.165, 1.54) is 6.33 Å². The normalized spacial score (nSPS) is 15.1. The molecule has 0 amide bonds. The zero-order valence-electron chi connectivity index (χ0n) is 21.6. The van der Waals surface area contributed by atoms with E-state index >= 15 is 0 Å². The SMILES string of the molecule is CC(C)(C)C(=O)ON1CCC(n2cc(-c3cccc(OCc4ccccc4)c3)c3c(N)ncnc32)CC1. The van der Waals surface area contributed by atoms with E-state index in [1.54, 1.807) is 5.06 Å². The molecule has 2 N–H and O–H groups in total. The number of rotatable bonds is 6. The highest BCUT2D eigenvalue weighted by Gasteiger charge is 2.30. The van der Waals surface area contributed by atoms with Gasteiger partial charge < -0.3 is 19.9 Å². The molecule has 0 radical (unpaired) electrons. The molecule has 192 valence electrons. The molecule has 0 bridgehead atoms. The summed E-state index contributed by atoms with van der Waals surface area (Å²) in [6, 6.07) is 18.3. The number of benzene rings is 2. The lowest BCUT2D eigenvalue weighted by Crippen LogP contribution is -2.39. The molecule has 1 fully saturated rings. The molecule has 37 heavy (non-hydrogen) atoms. The molecule has 1 saturated heterocycles. The van der Waals surface area contributed by atoms with Crippen molar-refractivity contribution in [3.8, 4) is 16.9 Å². The largest absolute Gasteiger partial charge is 0.489 e. The fourth-order valence-electron chi connectivity index (χ4n) is 4.57. The number of ether oxygens (including phenoxy) is 1. The van der Waals surface area contributed by atoms with Crippen molar-refractivity contribution in [1.29, 1.82) is 0 Å². The zero-order valence-corrected chi connectivity index (χ0v) is 21.6. The van der Waals surface area contributed by atoms with E-state index in [0.717, 1.165) is 46.3 Å². The average Bonchev–Trinajstić information content (AvgIpc) is 3.29. The molecule has 1 aliphatic heterocycles. The first-order valence-corrected chi connectivity index (χ1v) is 12.6. The van der Waals surface area contributed by atoms with Crippen molar-refractivity contribution in [3.05, 3.63) is 72.7 Å². The first-order valence-electron chi connectivity index (χ1n) is 12.6. The molecule has 0 aliphatic carbocycles. The second kappa shape index (κ2) is 10.2. The first kappa shape index (κ1) is 24.8. The summed E-state index contributed by atoms with van der Waals surface area (Å²) in [5.41, 5.74) is 9.72. The molecule has 0 spiro atoms. The van der Waals surface area contributed by atoms with Gasteiger partial charge in [-0.15, -0.1) is 5.06 Å². The standard InChI is InChI=1S/C29H33N5O3/c1-29(2,3)28(35)37-33-14-12-22(13-15-33)34-17-24(25-26(30)31-19-32-27(25)34)21-10-7-11-23(16-21)36-18-20-8-5-4-6-9-20/h4-11,16-17,19,22H,12-15,18H2,1-3H3,(H2,30,31,32). The van der Waals surface area contributed by atoms with Crippen LogP contribution < -0.4 is 10.5 Å². The van der Waals surface area contributed by atoms with Crippen molar-refractivity contribution >= 4 is 22.8 Å². The lowest BCUT2D eigenvalue weighted by molar-refractivity contribution is -0.205. The maximum atomic E-state index is 12.3. The summed E-state index contributed by atoms with van der Waals surface area (Å²) in [5.74, 6) is 1.02. The Kier molecular flexibility index (Phi) is 6.84. The van der Waals surface area contributed by atoms with E-state index in [1.807, 2.05) is 69.3 Å². The topological polar surface area (TPSA) is 95.5 Å². The summed E-state index contributed by atoms with van der Waals surface area (Å²) in [7, 11) is 0. The Bertz CT molecular complexity index is 1390. The molecule has 8 nitrogen and oxygen atoms in total. The van der Waals surface area contributed by atoms with Crippen molar-refractivity contribution in [2.45, 2.75) is 46.3 Å². The van der Waals surface area contributed by atoms with Crippen molar-refractivity contribution in [1.82, 2.24) is 19.6 Å². The Morgan fingerprint density at radius 1 is 1.05 bits per heavy atom. The van der Waals surface area contributed by atoms with Gasteiger partial charge in [-0.1, -0.05) is 42.5 Å². The van der Waals surface area contributed by atoms with E-state index in [2.05, 4.69) is 26.8 Å². The molecule has 8 heteroatoms. The van der Waals surface area contributed by atoms with E-state index in [0.29, 0.717) is 25.5 Å². The highest BCUT2D eigenvalue weighted by molar-refractivity contribution is 6.00. The van der Waals surface area contributed by atoms with Gasteiger partial charge in [-0.2, -0.15) is 0 Å². The highest BCUT2D eigenvalue weighted by Crippen LogP contribution is 2.37. The zero-order chi connectivity index (χ0) is 26.0. The molecule has 5 rings (SSSR count). The summed E-state index contributed by atoms with van der Waals surface area (Å²) in [4.78, 5) is 26.8. The van der Waals surface area contributed by atoms with Crippen LogP contribution in [0.25, 0.3) is 22.2 Å². The van der Waals surface area contributed by atoms with Gasteiger partial charge in [0.2, 0.25) is 0 Å². The van der Waals surface area contributed by atoms with Crippen molar-refractivity contribution in [2.75, 3.05) is 18.8 Å². The molecule has 1 aliphatic rings. The van der Waals surface area contributed by atoms with Gasteiger partial charge >= 0.3 is 5.97 Å². The maximum absolute atomic E-state index is 12.3. The second-order valence-corrected chi connectivity index (χ2v) is 10.5. The van der Waals surface area contributed by atoms with Crippen molar-refractivity contribution in [3.63, 3.8) is 0 Å². The molecular formula is C29H33N5O3. The summed E-state index contributed by atoms with van der Waals surface area (Å²) in [6.07, 6.45) is 5.28. The number of hydroxylamine groups is 2. The number of nitrogens with zero attached hydrogens (tertiary/aromatic N) is 4. The minimum atomic E-state index is -0.532. The van der Waals surface area contributed by atoms with Gasteiger partial charge in [0.25, 0.3) is 0 Å². The van der Waals surface area contributed by atoms with Crippen LogP contribution in [0.15, 0.2) is 67.1 Å². The molecule has 0 unspecified atom stereocenters. The van der Waals surface area contributed by atoms with Crippen LogP contribution in [0.2, 0.25) is 0 Å². The quantitative estimate of drug-likeness (QED) is 0.379. The number of fused-ring (bicyclic) bond motifs is 1. The van der Waals surface area contributed by atoms with Gasteiger partial charge in [0.15, 0.2) is 0 Å². The van der Waals surface area contributed by atoms with E-state index < -0.39 is 5.41 Å². The fourth-order valence-corrected chi connectivity index (χ4v) is 4.57. The molecule has 0 saturated carbocycles. The summed E-state index contributed by atoms with van der Waals surface area (Å²) in [6.45, 7) is 7.40. The van der Waals surface area contributed by atoms with Crippen molar-refractivity contribution in [2.24, 2.45) is 5.41 Å². The summed E-state index contributed by atoms with van der Waals surface area (Å²) >= 11 is 0. The molecular weight excluding hydrogens is 466 g/mol. The summed E-state index contributed by atoms with van der Waals surface area (Å²) in [5, 5.41) is 2.61. The lowest BCUT2D eigenvalue weighted by Gasteiger charge is -2.32. The van der Waals surface area contributed by atoms with Crippen LogP contribution in [0, 0.1) is 5.41 Å². The number of hydrogen-bond donors (Lipinski definition) is 1. The molecule has 2 aromatic heterocycles. The number of piperidine rings is 1. The van der Waals surface area contributed by atoms with E-state index in [4.69, 9.17) is 15.3 Å². The number of aromatic nitrogens is 3. The van der Waals surface area contributed by atoms with Crippen LogP contribution in [-0.4, -0.2) is 38.7 Å². The first-order chi connectivity index (χ1) is 17.8. The molecule has 3 heterocycles. The maximum Gasteiger partial charge on any atom is 0.330 e. The highest BCUT2D eigenvalue weighted by atomic mass is 16.7. The van der Waals surface area contributed by atoms with Crippen molar-refractivity contribution < 1.29 is 14.4 Å². The Morgan fingerprint density at radius 3 is 2.54 bits per heavy atom. The number of nitrogen functional groups attached to an aromatic ring is 1. The third-order valence-corrected chi connectivity index (χ3v) is 6.67. The molecule has 2 aromatic carbocycles. The molecule has 0 atom stereocenters. The number of hydrogen-bond acceptors (Lipinski definition) is 7. The van der Waals surface area contributed by atoms with Crippen LogP contribution in [0.1, 0.15) is 45.2 Å². The number of nitrogens with two attached hydrogens (primary N) is 1. The Morgan fingerprint density at radius 2 is 1.81 bits per heavy atom. The summed E-state index contributed by atoms with van der Waals surface area (Å²) < 4.78 is 8.27. The van der Waals surface area contributed by atoms with Gasteiger partial charge in [-0.3, -0.25) is 0 Å². The third kappa shape index (κ3) is 5.44. The van der Waals surface area contributed by atoms with Gasteiger partial charge in [0.05, 0.1) is 10.8 Å². The van der Waals surface area contributed by atoms with Crippen LogP contribution in [0.3, 0.4) is 0 Å². The van der Waals surface area contributed by atoms with Crippen LogP contribution in [0.4, 0.5) is 5.82 Å². The minimum Gasteiger partial charge on any atom is -0.489 e. The van der Waals surface area contributed by atoms with E-state index in [9.17, 15) is 4.79 Å². The van der Waals surface area contributed by atoms with Gasteiger partial charge in [-0.25, -0.2) is 14.8 Å². The number of carbonyl (C=O) groups is 1. The van der Waals surface area contributed by atoms with Crippen LogP contribution in [-0.2, 0) is 16.2 Å². The fraction of sp³-hybridized carbons (Fsp3) is 0.345. The Balaban J connectivity index is 1.38. The number of anilines is 1. The smallest absolute Gasteiger partial charge is 0.330 e. The second-order valence-electron chi connectivity index (χ2n) is 10.5. The van der Waals surface area contributed by atoms with E-state index in [-0.39, 0.29) is 12.0 Å². The lowest BCUT2D eigenvalue weighted by atomic mass is 9.98. The minimum absolute atomic E-state index is 0.202. The predicted molar refractivity (Wildman–Crippen MR) is 144 cm³/mol. The number of carbonyl (C=O) groups excluding carboxylic acids is 1. The molecule has 4 aromatic rings. The Hall–Kier alpha value is -3.91. The predicted octanol–water partition coefficient (Wildman–Crippen LogP) is 5.40. The van der Waals surface area contributed by atoms with Gasteiger partial charge in [0.1, 0.15) is 30.1 Å². The average molecular weight is 500 g/mol. The van der Waals surface area contributed by atoms with Gasteiger partial charge in [-0.05, 0) is 56.9 Å². The Labute approximate surface area is 217 Å². The monoisotopic (exact) mass is 499 g/mol. The van der Waals surface area contributed by atoms with Crippen LogP contribution in [0.5, 0.6) is 5.75 Å². The van der Waals surface area contributed by atoms with Gasteiger partial charge in [0, 0.05) is 30.9 Å².